The Morgan fingerprint density at radius 3 is 2.27 bits per heavy atom. The summed E-state index contributed by atoms with van der Waals surface area (Å²) in [4.78, 5) is 4.36. The van der Waals surface area contributed by atoms with Gasteiger partial charge in [-0.15, -0.1) is 0 Å². The first-order chi connectivity index (χ1) is 15.5. The summed E-state index contributed by atoms with van der Waals surface area (Å²) in [5, 5.41) is 3.94. The van der Waals surface area contributed by atoms with Crippen LogP contribution in [0.25, 0.3) is 11.4 Å². The van der Waals surface area contributed by atoms with E-state index in [1.807, 2.05) is 19.1 Å². The number of aryl methyl sites for hydroxylation is 2. The molecule has 0 radical (unpaired) electrons. The van der Waals surface area contributed by atoms with Crippen LogP contribution in [-0.2, 0) is 24.4 Å². The fourth-order valence-corrected chi connectivity index (χ4v) is 3.83. The number of aromatic nitrogens is 2. The molecule has 0 N–H and O–H groups in total. The van der Waals surface area contributed by atoms with Crippen molar-refractivity contribution in [1.82, 2.24) is 10.1 Å². The Labute approximate surface area is 194 Å². The third-order valence-electron chi connectivity index (χ3n) is 6.03. The van der Waals surface area contributed by atoms with E-state index in [4.69, 9.17) is 4.52 Å². The second kappa shape index (κ2) is 10.1. The molecule has 0 spiro atoms. The molecule has 2 aromatic carbocycles. The van der Waals surface area contributed by atoms with Crippen LogP contribution in [0.1, 0.15) is 87.9 Å². The van der Waals surface area contributed by atoms with Crippen molar-refractivity contribution in [3.8, 4) is 11.4 Å². The number of halogens is 3. The number of nitrogens with zero attached hydrogens (tertiary/aromatic N) is 2. The van der Waals surface area contributed by atoms with Crippen molar-refractivity contribution in [3.05, 3.63) is 70.6 Å². The Kier molecular flexibility index (Phi) is 7.65. The van der Waals surface area contributed by atoms with Gasteiger partial charge >= 0.3 is 6.18 Å². The van der Waals surface area contributed by atoms with Crippen molar-refractivity contribution < 1.29 is 17.7 Å². The van der Waals surface area contributed by atoms with Crippen LogP contribution in [0.2, 0.25) is 0 Å². The summed E-state index contributed by atoms with van der Waals surface area (Å²) in [5.41, 5.74) is 2.21. The van der Waals surface area contributed by atoms with E-state index in [0.717, 1.165) is 30.9 Å². The van der Waals surface area contributed by atoms with E-state index in [0.29, 0.717) is 24.3 Å². The standard InChI is InChI=1S/C27H33F3N2O/c1-6-7-8-18(2)25-31-24(32-33-25)21-14-13-20(23(17-21)27(28,29)30)12-9-19-10-15-22(16-11-19)26(3,4)5/h10-11,13-18H,6-9,12H2,1-5H3. The molecule has 6 heteroatoms. The summed E-state index contributed by atoms with van der Waals surface area (Å²) in [7, 11) is 0. The van der Waals surface area contributed by atoms with E-state index >= 15 is 0 Å². The molecule has 3 aromatic rings. The molecule has 0 aliphatic rings. The average molecular weight is 459 g/mol. The van der Waals surface area contributed by atoms with Gasteiger partial charge in [0.15, 0.2) is 0 Å². The number of benzene rings is 2. The molecule has 1 heterocycles. The highest BCUT2D eigenvalue weighted by Gasteiger charge is 2.34. The molecule has 0 aliphatic heterocycles. The lowest BCUT2D eigenvalue weighted by Gasteiger charge is -2.19. The van der Waals surface area contributed by atoms with Gasteiger partial charge in [-0.05, 0) is 47.4 Å². The minimum atomic E-state index is -4.46. The maximum atomic E-state index is 13.9. The van der Waals surface area contributed by atoms with Gasteiger partial charge in [0.1, 0.15) is 0 Å². The molecule has 3 rings (SSSR count). The van der Waals surface area contributed by atoms with E-state index in [9.17, 15) is 13.2 Å². The molecule has 0 bridgehead atoms. The van der Waals surface area contributed by atoms with Gasteiger partial charge in [-0.2, -0.15) is 18.2 Å². The van der Waals surface area contributed by atoms with Gasteiger partial charge in [0.05, 0.1) is 5.56 Å². The number of rotatable bonds is 8. The molecule has 1 atom stereocenters. The average Bonchev–Trinajstić information content (AvgIpc) is 3.25. The predicted molar refractivity (Wildman–Crippen MR) is 125 cm³/mol. The van der Waals surface area contributed by atoms with E-state index in [1.165, 1.54) is 11.6 Å². The maximum Gasteiger partial charge on any atom is 0.416 e. The quantitative estimate of drug-likeness (QED) is 0.342. The largest absolute Gasteiger partial charge is 0.416 e. The summed E-state index contributed by atoms with van der Waals surface area (Å²) in [6.07, 6.45) is -0.624. The smallest absolute Gasteiger partial charge is 0.339 e. The number of hydrogen-bond donors (Lipinski definition) is 0. The Morgan fingerprint density at radius 1 is 0.970 bits per heavy atom. The third-order valence-corrected chi connectivity index (χ3v) is 6.03. The first-order valence-corrected chi connectivity index (χ1v) is 11.6. The highest BCUT2D eigenvalue weighted by atomic mass is 19.4. The zero-order valence-electron chi connectivity index (χ0n) is 20.1. The second-order valence-corrected chi connectivity index (χ2v) is 9.82. The molecule has 178 valence electrons. The normalized spacial score (nSPS) is 13.3. The van der Waals surface area contributed by atoms with Crippen LogP contribution in [0.5, 0.6) is 0 Å². The molecule has 0 saturated carbocycles. The van der Waals surface area contributed by atoms with Crippen molar-refractivity contribution in [2.45, 2.75) is 84.2 Å². The van der Waals surface area contributed by atoms with Crippen molar-refractivity contribution in [1.29, 1.82) is 0 Å². The molecule has 0 aliphatic carbocycles. The van der Waals surface area contributed by atoms with Gasteiger partial charge in [0, 0.05) is 11.5 Å². The Hall–Kier alpha value is -2.63. The fourth-order valence-electron chi connectivity index (χ4n) is 3.83. The number of alkyl halides is 3. The van der Waals surface area contributed by atoms with Crippen LogP contribution < -0.4 is 0 Å². The summed E-state index contributed by atoms with van der Waals surface area (Å²) in [6, 6.07) is 12.4. The van der Waals surface area contributed by atoms with E-state index in [-0.39, 0.29) is 22.7 Å². The Morgan fingerprint density at radius 2 is 1.67 bits per heavy atom. The number of unbranched alkanes of at least 4 members (excludes halogenated alkanes) is 1. The van der Waals surface area contributed by atoms with E-state index in [1.54, 1.807) is 6.07 Å². The van der Waals surface area contributed by atoms with Crippen molar-refractivity contribution in [2.24, 2.45) is 0 Å². The highest BCUT2D eigenvalue weighted by molar-refractivity contribution is 5.57. The molecule has 0 amide bonds. The van der Waals surface area contributed by atoms with Crippen LogP contribution >= 0.6 is 0 Å². The molecular weight excluding hydrogens is 425 g/mol. The zero-order chi connectivity index (χ0) is 24.2. The summed E-state index contributed by atoms with van der Waals surface area (Å²) in [5.74, 6) is 0.746. The Balaban J connectivity index is 1.80. The van der Waals surface area contributed by atoms with Gasteiger partial charge in [-0.25, -0.2) is 0 Å². The molecular formula is C27H33F3N2O. The molecule has 1 aromatic heterocycles. The first kappa shape index (κ1) is 25.0. The fraction of sp³-hybridized carbons (Fsp3) is 0.481. The van der Waals surface area contributed by atoms with Crippen molar-refractivity contribution >= 4 is 0 Å². The van der Waals surface area contributed by atoms with E-state index < -0.39 is 11.7 Å². The van der Waals surface area contributed by atoms with Crippen LogP contribution in [-0.4, -0.2) is 10.1 Å². The minimum Gasteiger partial charge on any atom is -0.339 e. The van der Waals surface area contributed by atoms with Crippen LogP contribution in [0.4, 0.5) is 13.2 Å². The van der Waals surface area contributed by atoms with Crippen LogP contribution in [0.15, 0.2) is 47.0 Å². The highest BCUT2D eigenvalue weighted by Crippen LogP contribution is 2.35. The molecule has 0 saturated heterocycles. The topological polar surface area (TPSA) is 38.9 Å². The van der Waals surface area contributed by atoms with Crippen LogP contribution in [0.3, 0.4) is 0 Å². The van der Waals surface area contributed by atoms with E-state index in [2.05, 4.69) is 50.0 Å². The molecule has 0 fully saturated rings. The van der Waals surface area contributed by atoms with Crippen molar-refractivity contribution in [3.63, 3.8) is 0 Å². The van der Waals surface area contributed by atoms with Gasteiger partial charge in [0.25, 0.3) is 0 Å². The Bertz CT molecular complexity index is 1050. The molecule has 1 unspecified atom stereocenters. The SMILES string of the molecule is CCCCC(C)c1nc(-c2ccc(CCc3ccc(C(C)(C)C)cc3)c(C(F)(F)F)c2)no1. The molecule has 3 nitrogen and oxygen atoms in total. The van der Waals surface area contributed by atoms with Crippen LogP contribution in [0, 0.1) is 0 Å². The zero-order valence-corrected chi connectivity index (χ0v) is 20.1. The summed E-state index contributed by atoms with van der Waals surface area (Å²) < 4.78 is 46.9. The van der Waals surface area contributed by atoms with Crippen molar-refractivity contribution in [2.75, 3.05) is 0 Å². The summed E-state index contributed by atoms with van der Waals surface area (Å²) in [6.45, 7) is 10.5. The molecule has 33 heavy (non-hydrogen) atoms. The first-order valence-electron chi connectivity index (χ1n) is 11.6. The predicted octanol–water partition coefficient (Wildman–Crippen LogP) is 8.13. The maximum absolute atomic E-state index is 13.9. The van der Waals surface area contributed by atoms with Gasteiger partial charge < -0.3 is 4.52 Å². The lowest BCUT2D eigenvalue weighted by molar-refractivity contribution is -0.138. The number of hydrogen-bond acceptors (Lipinski definition) is 3. The van der Waals surface area contributed by atoms with Gasteiger partial charge in [-0.1, -0.05) is 89.0 Å². The van der Waals surface area contributed by atoms with Gasteiger partial charge in [0.2, 0.25) is 11.7 Å². The second-order valence-electron chi connectivity index (χ2n) is 9.82. The lowest BCUT2D eigenvalue weighted by atomic mass is 9.86. The minimum absolute atomic E-state index is 0.0423. The van der Waals surface area contributed by atoms with Gasteiger partial charge in [-0.3, -0.25) is 0 Å². The third kappa shape index (κ3) is 6.46. The summed E-state index contributed by atoms with van der Waals surface area (Å²) >= 11 is 0. The lowest BCUT2D eigenvalue weighted by Crippen LogP contribution is -2.11. The monoisotopic (exact) mass is 458 g/mol.